The van der Waals surface area contributed by atoms with Crippen LogP contribution < -0.4 is 4.74 Å². The number of nitriles is 1. The van der Waals surface area contributed by atoms with Crippen molar-refractivity contribution in [2.24, 2.45) is 0 Å². The molecule has 0 aliphatic heterocycles. The first-order chi connectivity index (χ1) is 9.24. The zero-order valence-electron chi connectivity index (χ0n) is 10.3. The van der Waals surface area contributed by atoms with Gasteiger partial charge in [0.1, 0.15) is 17.4 Å². The van der Waals surface area contributed by atoms with Gasteiger partial charge in [-0.3, -0.25) is 4.79 Å². The SMILES string of the molecule is COc1ccc(C(=O)/C(C#N)=C\c2ccsc2)cc1. The molecule has 19 heavy (non-hydrogen) atoms. The first kappa shape index (κ1) is 13.1. The summed E-state index contributed by atoms with van der Waals surface area (Å²) in [5.74, 6) is 0.397. The molecule has 2 rings (SSSR count). The number of carbonyl (C=O) groups excluding carboxylic acids is 1. The highest BCUT2D eigenvalue weighted by atomic mass is 32.1. The molecule has 0 radical (unpaired) electrons. The number of allylic oxidation sites excluding steroid dienone is 1. The molecule has 0 bridgehead atoms. The number of thiophene rings is 1. The fourth-order valence-corrected chi connectivity index (χ4v) is 2.19. The molecule has 0 aliphatic carbocycles. The van der Waals surface area contributed by atoms with Crippen LogP contribution in [-0.4, -0.2) is 12.9 Å². The van der Waals surface area contributed by atoms with Gasteiger partial charge in [0.15, 0.2) is 0 Å². The van der Waals surface area contributed by atoms with Crippen LogP contribution in [0.3, 0.4) is 0 Å². The molecule has 2 aromatic rings. The molecule has 0 fully saturated rings. The maximum atomic E-state index is 12.2. The van der Waals surface area contributed by atoms with E-state index in [-0.39, 0.29) is 11.4 Å². The number of carbonyl (C=O) groups is 1. The standard InChI is InChI=1S/C15H11NO2S/c1-18-14-4-2-12(3-5-14)15(17)13(9-16)8-11-6-7-19-10-11/h2-8,10H,1H3/b13-8-. The lowest BCUT2D eigenvalue weighted by Crippen LogP contribution is -2.01. The van der Waals surface area contributed by atoms with E-state index in [4.69, 9.17) is 10.00 Å². The van der Waals surface area contributed by atoms with E-state index in [0.717, 1.165) is 5.56 Å². The average Bonchev–Trinajstić information content (AvgIpc) is 2.97. The van der Waals surface area contributed by atoms with Crippen molar-refractivity contribution in [3.05, 3.63) is 57.8 Å². The molecule has 0 saturated heterocycles. The van der Waals surface area contributed by atoms with E-state index < -0.39 is 0 Å². The zero-order valence-corrected chi connectivity index (χ0v) is 11.1. The van der Waals surface area contributed by atoms with Gasteiger partial charge in [0.05, 0.1) is 7.11 Å². The van der Waals surface area contributed by atoms with Crippen molar-refractivity contribution in [1.82, 2.24) is 0 Å². The van der Waals surface area contributed by atoms with Gasteiger partial charge < -0.3 is 4.74 Å². The summed E-state index contributed by atoms with van der Waals surface area (Å²) in [6.07, 6.45) is 1.60. The van der Waals surface area contributed by atoms with Crippen molar-refractivity contribution in [3.8, 4) is 11.8 Å². The van der Waals surface area contributed by atoms with E-state index >= 15 is 0 Å². The van der Waals surface area contributed by atoms with Crippen LogP contribution in [0.1, 0.15) is 15.9 Å². The predicted octanol–water partition coefficient (Wildman–Crippen LogP) is 3.55. The van der Waals surface area contributed by atoms with Crippen molar-refractivity contribution in [3.63, 3.8) is 0 Å². The van der Waals surface area contributed by atoms with Gasteiger partial charge >= 0.3 is 0 Å². The second-order valence-corrected chi connectivity index (χ2v) is 4.56. The Bertz CT molecular complexity index is 634. The number of hydrogen-bond acceptors (Lipinski definition) is 4. The fourth-order valence-electron chi connectivity index (χ4n) is 1.57. The number of hydrogen-bond donors (Lipinski definition) is 0. The molecule has 94 valence electrons. The van der Waals surface area contributed by atoms with Gasteiger partial charge in [0.25, 0.3) is 0 Å². The van der Waals surface area contributed by atoms with Crippen LogP contribution in [0, 0.1) is 11.3 Å². The topological polar surface area (TPSA) is 50.1 Å². The molecule has 0 N–H and O–H groups in total. The Hall–Kier alpha value is -2.38. The minimum absolute atomic E-state index is 0.128. The van der Waals surface area contributed by atoms with Gasteiger partial charge in [-0.05, 0) is 52.7 Å². The summed E-state index contributed by atoms with van der Waals surface area (Å²) in [7, 11) is 1.56. The lowest BCUT2D eigenvalue weighted by molar-refractivity contribution is 0.104. The Kier molecular flexibility index (Phi) is 4.11. The average molecular weight is 269 g/mol. The van der Waals surface area contributed by atoms with Crippen molar-refractivity contribution in [2.75, 3.05) is 7.11 Å². The number of ether oxygens (including phenoxy) is 1. The van der Waals surface area contributed by atoms with E-state index in [1.54, 1.807) is 37.5 Å². The van der Waals surface area contributed by atoms with E-state index in [1.807, 2.05) is 22.9 Å². The van der Waals surface area contributed by atoms with Gasteiger partial charge in [0.2, 0.25) is 5.78 Å². The molecule has 0 atom stereocenters. The smallest absolute Gasteiger partial charge is 0.203 e. The molecule has 0 saturated carbocycles. The highest BCUT2D eigenvalue weighted by molar-refractivity contribution is 7.08. The Balaban J connectivity index is 2.28. The first-order valence-electron chi connectivity index (χ1n) is 5.57. The molecule has 4 heteroatoms. The van der Waals surface area contributed by atoms with Crippen molar-refractivity contribution in [2.45, 2.75) is 0 Å². The van der Waals surface area contributed by atoms with Gasteiger partial charge in [-0.25, -0.2) is 0 Å². The van der Waals surface area contributed by atoms with E-state index in [9.17, 15) is 4.79 Å². The number of Topliss-reactive ketones (excluding diaryl/α,β-unsaturated/α-hetero) is 1. The third-order valence-electron chi connectivity index (χ3n) is 2.57. The maximum Gasteiger partial charge on any atom is 0.203 e. The summed E-state index contributed by atoms with van der Waals surface area (Å²) in [5.41, 5.74) is 1.47. The summed E-state index contributed by atoms with van der Waals surface area (Å²) in [5, 5.41) is 12.9. The van der Waals surface area contributed by atoms with E-state index in [2.05, 4.69) is 0 Å². The summed E-state index contributed by atoms with van der Waals surface area (Å²) < 4.78 is 5.03. The second kappa shape index (κ2) is 5.98. The zero-order chi connectivity index (χ0) is 13.7. The summed E-state index contributed by atoms with van der Waals surface area (Å²) >= 11 is 1.52. The maximum absolute atomic E-state index is 12.2. The summed E-state index contributed by atoms with van der Waals surface area (Å²) in [4.78, 5) is 12.2. The van der Waals surface area contributed by atoms with Crippen LogP contribution in [0.2, 0.25) is 0 Å². The van der Waals surface area contributed by atoms with Crippen LogP contribution >= 0.6 is 11.3 Å². The molecule has 0 unspecified atom stereocenters. The fraction of sp³-hybridized carbons (Fsp3) is 0.0667. The molecule has 0 aliphatic rings. The Morgan fingerprint density at radius 2 is 2.05 bits per heavy atom. The number of methoxy groups -OCH3 is 1. The van der Waals surface area contributed by atoms with Gasteiger partial charge in [0, 0.05) is 5.56 Å². The summed E-state index contributed by atoms with van der Waals surface area (Å²) in [6, 6.07) is 10.5. The minimum atomic E-state index is -0.281. The quantitative estimate of drug-likeness (QED) is 0.484. The van der Waals surface area contributed by atoms with E-state index in [0.29, 0.717) is 11.3 Å². The van der Waals surface area contributed by atoms with E-state index in [1.165, 1.54) is 11.3 Å². The van der Waals surface area contributed by atoms with Crippen LogP contribution in [0.25, 0.3) is 6.08 Å². The molecular weight excluding hydrogens is 258 g/mol. The number of nitrogens with zero attached hydrogens (tertiary/aromatic N) is 1. The van der Waals surface area contributed by atoms with Crippen molar-refractivity contribution >= 4 is 23.2 Å². The molecule has 1 heterocycles. The third-order valence-corrected chi connectivity index (χ3v) is 3.27. The lowest BCUT2D eigenvalue weighted by Gasteiger charge is -2.02. The highest BCUT2D eigenvalue weighted by Gasteiger charge is 2.12. The van der Waals surface area contributed by atoms with Gasteiger partial charge in [-0.2, -0.15) is 16.6 Å². The number of rotatable bonds is 4. The number of benzene rings is 1. The second-order valence-electron chi connectivity index (χ2n) is 3.78. The lowest BCUT2D eigenvalue weighted by atomic mass is 10.0. The number of ketones is 1. The third kappa shape index (κ3) is 3.09. The van der Waals surface area contributed by atoms with Crippen molar-refractivity contribution < 1.29 is 9.53 Å². The van der Waals surface area contributed by atoms with Crippen LogP contribution in [0.5, 0.6) is 5.75 Å². The first-order valence-corrected chi connectivity index (χ1v) is 6.51. The molecular formula is C15H11NO2S. The Morgan fingerprint density at radius 1 is 1.32 bits per heavy atom. The van der Waals surface area contributed by atoms with Gasteiger partial charge in [-0.1, -0.05) is 0 Å². The van der Waals surface area contributed by atoms with Crippen molar-refractivity contribution in [1.29, 1.82) is 5.26 Å². The van der Waals surface area contributed by atoms with Crippen LogP contribution in [0.4, 0.5) is 0 Å². The molecule has 3 nitrogen and oxygen atoms in total. The largest absolute Gasteiger partial charge is 0.497 e. The molecule has 0 spiro atoms. The normalized spacial score (nSPS) is 10.8. The monoisotopic (exact) mass is 269 g/mol. The Morgan fingerprint density at radius 3 is 2.58 bits per heavy atom. The molecule has 1 aromatic heterocycles. The van der Waals surface area contributed by atoms with Crippen LogP contribution in [-0.2, 0) is 0 Å². The highest BCUT2D eigenvalue weighted by Crippen LogP contribution is 2.17. The summed E-state index contributed by atoms with van der Waals surface area (Å²) in [6.45, 7) is 0. The minimum Gasteiger partial charge on any atom is -0.497 e. The Labute approximate surface area is 115 Å². The molecule has 0 amide bonds. The predicted molar refractivity (Wildman–Crippen MR) is 75.2 cm³/mol. The van der Waals surface area contributed by atoms with Gasteiger partial charge in [-0.15, -0.1) is 0 Å². The van der Waals surface area contributed by atoms with Crippen LogP contribution in [0.15, 0.2) is 46.7 Å². The molecule has 1 aromatic carbocycles.